The molecule has 0 heterocycles. The largest absolute Gasteiger partial charge is 0.512 e. The van der Waals surface area contributed by atoms with Gasteiger partial charge in [-0.2, -0.15) is 0 Å². The molecule has 0 fully saturated rings. The molecule has 7 heteroatoms. The zero-order chi connectivity index (χ0) is 11.3. The van der Waals surface area contributed by atoms with Crippen molar-refractivity contribution < 1.29 is 35.7 Å². The normalized spacial score (nSPS) is 21.4. The fraction of sp³-hybridized carbons (Fsp3) is 0.714. The number of aliphatic hydroxyl groups is 7. The summed E-state index contributed by atoms with van der Waals surface area (Å²) in [5.41, 5.74) is 0. The zero-order valence-electron chi connectivity index (χ0n) is 7.22. The van der Waals surface area contributed by atoms with Crippen LogP contribution in [-0.4, -0.2) is 66.8 Å². The summed E-state index contributed by atoms with van der Waals surface area (Å²) in [6, 6.07) is 0. The van der Waals surface area contributed by atoms with Crippen molar-refractivity contribution >= 4 is 0 Å². The molecule has 0 spiro atoms. The molecule has 0 aliphatic heterocycles. The summed E-state index contributed by atoms with van der Waals surface area (Å²) >= 11 is 0. The first kappa shape index (κ1) is 13.1. The van der Waals surface area contributed by atoms with Crippen LogP contribution in [0.5, 0.6) is 0 Å². The molecule has 0 saturated carbocycles. The first-order chi connectivity index (χ1) is 6.45. The van der Waals surface area contributed by atoms with Gasteiger partial charge in [0.2, 0.25) is 0 Å². The van der Waals surface area contributed by atoms with Gasteiger partial charge in [-0.25, -0.2) is 0 Å². The van der Waals surface area contributed by atoms with Crippen LogP contribution in [-0.2, 0) is 0 Å². The van der Waals surface area contributed by atoms with E-state index in [0.29, 0.717) is 0 Å². The van der Waals surface area contributed by atoms with Crippen molar-refractivity contribution in [3.8, 4) is 0 Å². The predicted octanol–water partition coefficient (Wildman–Crippen LogP) is -2.62. The van der Waals surface area contributed by atoms with Crippen molar-refractivity contribution in [1.29, 1.82) is 0 Å². The summed E-state index contributed by atoms with van der Waals surface area (Å²) in [7, 11) is 0. The fourth-order valence-electron chi connectivity index (χ4n) is 0.774. The fourth-order valence-corrected chi connectivity index (χ4v) is 0.774. The lowest BCUT2D eigenvalue weighted by atomic mass is 10.0. The monoisotopic (exact) mass is 210 g/mol. The van der Waals surface area contributed by atoms with E-state index in [1.807, 2.05) is 0 Å². The van der Waals surface area contributed by atoms with Gasteiger partial charge in [0.15, 0.2) is 5.76 Å². The maximum atomic E-state index is 9.11. The van der Waals surface area contributed by atoms with Crippen LogP contribution in [0.15, 0.2) is 12.0 Å². The molecule has 0 bridgehead atoms. The van der Waals surface area contributed by atoms with Gasteiger partial charge in [0.1, 0.15) is 30.7 Å². The summed E-state index contributed by atoms with van der Waals surface area (Å²) in [5, 5.41) is 61.5. The van der Waals surface area contributed by atoms with Crippen molar-refractivity contribution in [2.45, 2.75) is 24.4 Å². The lowest BCUT2D eigenvalue weighted by Crippen LogP contribution is -2.46. The van der Waals surface area contributed by atoms with Crippen molar-refractivity contribution in [2.75, 3.05) is 6.61 Å². The van der Waals surface area contributed by atoms with E-state index >= 15 is 0 Å². The van der Waals surface area contributed by atoms with Gasteiger partial charge in [0, 0.05) is 0 Å². The average Bonchev–Trinajstić information content (AvgIpc) is 2.23. The Morgan fingerprint density at radius 3 is 1.93 bits per heavy atom. The van der Waals surface area contributed by atoms with E-state index in [-0.39, 0.29) is 6.26 Å². The van der Waals surface area contributed by atoms with Gasteiger partial charge in [-0.15, -0.1) is 0 Å². The summed E-state index contributed by atoms with van der Waals surface area (Å²) in [4.78, 5) is 0. The molecule has 0 aromatic heterocycles. The van der Waals surface area contributed by atoms with Gasteiger partial charge < -0.3 is 35.7 Å². The average molecular weight is 210 g/mol. The minimum atomic E-state index is -1.93. The number of rotatable bonds is 5. The molecular weight excluding hydrogens is 196 g/mol. The highest BCUT2D eigenvalue weighted by Gasteiger charge is 2.32. The van der Waals surface area contributed by atoms with Crippen LogP contribution < -0.4 is 0 Å². The summed E-state index contributed by atoms with van der Waals surface area (Å²) in [5.74, 6) is -0.957. The number of aliphatic hydroxyl groups excluding tert-OH is 7. The van der Waals surface area contributed by atoms with Gasteiger partial charge in [-0.3, -0.25) is 0 Å². The van der Waals surface area contributed by atoms with Gasteiger partial charge in [-0.05, 0) is 0 Å². The topological polar surface area (TPSA) is 142 Å². The second-order valence-corrected chi connectivity index (χ2v) is 2.73. The molecule has 0 saturated heterocycles. The first-order valence-corrected chi connectivity index (χ1v) is 3.82. The molecule has 7 nitrogen and oxygen atoms in total. The van der Waals surface area contributed by atoms with E-state index in [4.69, 9.17) is 35.7 Å². The lowest BCUT2D eigenvalue weighted by Gasteiger charge is -2.24. The molecule has 0 aromatic rings. The van der Waals surface area contributed by atoms with Gasteiger partial charge in [0.25, 0.3) is 0 Å². The lowest BCUT2D eigenvalue weighted by molar-refractivity contribution is -0.113. The molecular formula is C7H14O7. The highest BCUT2D eigenvalue weighted by atomic mass is 16.4. The third-order valence-electron chi connectivity index (χ3n) is 1.69. The molecule has 0 rings (SSSR count). The number of hydrogen-bond donors (Lipinski definition) is 7. The van der Waals surface area contributed by atoms with Crippen LogP contribution in [0.3, 0.4) is 0 Å². The van der Waals surface area contributed by atoms with Crippen LogP contribution in [0.25, 0.3) is 0 Å². The standard InChI is InChI=1S/C7H14O7/c8-1-3(10)5(12)7(14)6(13)4(11)2-9/h1,4-14H,2H2/t4-,5+,6-,7-/m1/s1. The molecule has 0 aliphatic carbocycles. The Hall–Kier alpha value is -0.860. The zero-order valence-corrected chi connectivity index (χ0v) is 7.22. The minimum absolute atomic E-state index is 0.145. The van der Waals surface area contributed by atoms with Crippen molar-refractivity contribution in [1.82, 2.24) is 0 Å². The molecule has 4 atom stereocenters. The first-order valence-electron chi connectivity index (χ1n) is 3.82. The SMILES string of the molecule is OC=C(O)[C@H](O)[C@@H](O)[C@H](O)[C@H](O)CO. The molecule has 14 heavy (non-hydrogen) atoms. The van der Waals surface area contributed by atoms with E-state index in [9.17, 15) is 0 Å². The van der Waals surface area contributed by atoms with Gasteiger partial charge in [0.05, 0.1) is 6.61 Å². The Balaban J connectivity index is 4.38. The molecule has 0 radical (unpaired) electrons. The van der Waals surface area contributed by atoms with E-state index < -0.39 is 36.8 Å². The van der Waals surface area contributed by atoms with Crippen molar-refractivity contribution in [3.05, 3.63) is 12.0 Å². The van der Waals surface area contributed by atoms with Crippen LogP contribution in [0.2, 0.25) is 0 Å². The number of hydrogen-bond acceptors (Lipinski definition) is 7. The molecule has 0 aromatic carbocycles. The van der Waals surface area contributed by atoms with Crippen molar-refractivity contribution in [2.24, 2.45) is 0 Å². The van der Waals surface area contributed by atoms with E-state index in [2.05, 4.69) is 0 Å². The van der Waals surface area contributed by atoms with Crippen LogP contribution in [0, 0.1) is 0 Å². The summed E-state index contributed by atoms with van der Waals surface area (Å²) in [6.07, 6.45) is -7.19. The summed E-state index contributed by atoms with van der Waals surface area (Å²) in [6.45, 7) is -0.811. The van der Waals surface area contributed by atoms with Crippen molar-refractivity contribution in [3.63, 3.8) is 0 Å². The molecule has 0 amide bonds. The van der Waals surface area contributed by atoms with Crippen LogP contribution >= 0.6 is 0 Å². The Morgan fingerprint density at radius 2 is 1.57 bits per heavy atom. The Kier molecular flexibility index (Phi) is 5.43. The molecule has 0 unspecified atom stereocenters. The van der Waals surface area contributed by atoms with Gasteiger partial charge >= 0.3 is 0 Å². The Morgan fingerprint density at radius 1 is 1.07 bits per heavy atom. The maximum absolute atomic E-state index is 9.11. The molecule has 84 valence electrons. The van der Waals surface area contributed by atoms with Crippen LogP contribution in [0.4, 0.5) is 0 Å². The highest BCUT2D eigenvalue weighted by Crippen LogP contribution is 2.09. The predicted molar refractivity (Wildman–Crippen MR) is 44.5 cm³/mol. The highest BCUT2D eigenvalue weighted by molar-refractivity contribution is 4.99. The molecule has 0 aliphatic rings. The maximum Gasteiger partial charge on any atom is 0.158 e. The Bertz CT molecular complexity index is 192. The minimum Gasteiger partial charge on any atom is -0.512 e. The third-order valence-corrected chi connectivity index (χ3v) is 1.69. The van der Waals surface area contributed by atoms with E-state index in [0.717, 1.165) is 0 Å². The van der Waals surface area contributed by atoms with E-state index in [1.54, 1.807) is 0 Å². The third kappa shape index (κ3) is 3.13. The summed E-state index contributed by atoms with van der Waals surface area (Å²) < 4.78 is 0. The Labute approximate surface area is 79.8 Å². The second kappa shape index (κ2) is 5.78. The van der Waals surface area contributed by atoms with E-state index in [1.165, 1.54) is 0 Å². The quantitative estimate of drug-likeness (QED) is 0.246. The second-order valence-electron chi connectivity index (χ2n) is 2.73. The van der Waals surface area contributed by atoms with Gasteiger partial charge in [-0.1, -0.05) is 0 Å². The smallest absolute Gasteiger partial charge is 0.158 e. The van der Waals surface area contributed by atoms with Crippen LogP contribution in [0.1, 0.15) is 0 Å². The molecule has 7 N–H and O–H groups in total.